The number of nitrogens with two attached hydrogens (primary N) is 1. The van der Waals surface area contributed by atoms with Crippen molar-refractivity contribution in [3.63, 3.8) is 0 Å². The highest BCUT2D eigenvalue weighted by Crippen LogP contribution is 2.16. The topological polar surface area (TPSA) is 83.9 Å². The third-order valence-corrected chi connectivity index (χ3v) is 5.42. The molecule has 1 amide bonds. The number of carbonyl (C=O) groups excluding carboxylic acids is 1. The van der Waals surface area contributed by atoms with E-state index in [4.69, 9.17) is 5.73 Å². The summed E-state index contributed by atoms with van der Waals surface area (Å²) < 4.78 is 1.56. The number of rotatable bonds is 5. The Labute approximate surface area is 151 Å². The molecule has 3 rings (SSSR count). The van der Waals surface area contributed by atoms with Crippen molar-refractivity contribution in [1.82, 2.24) is 19.2 Å². The second kappa shape index (κ2) is 7.23. The molecule has 136 valence electrons. The van der Waals surface area contributed by atoms with E-state index < -0.39 is 5.54 Å². The Balaban J connectivity index is 1.60. The minimum absolute atomic E-state index is 0.0328. The summed E-state index contributed by atoms with van der Waals surface area (Å²) in [5.41, 5.74) is 6.12. The molecule has 1 unspecified atom stereocenters. The number of fused-ring (bicyclic) bond motifs is 1. The van der Waals surface area contributed by atoms with Gasteiger partial charge in [0.15, 0.2) is 4.96 Å². The molecular weight excluding hydrogens is 338 g/mol. The molecule has 0 bridgehead atoms. The van der Waals surface area contributed by atoms with Gasteiger partial charge in [-0.05, 0) is 13.3 Å². The van der Waals surface area contributed by atoms with Crippen LogP contribution in [-0.4, -0.2) is 56.8 Å². The number of piperazine rings is 1. The predicted octanol–water partition coefficient (Wildman–Crippen LogP) is 0.918. The molecule has 0 saturated carbocycles. The zero-order valence-corrected chi connectivity index (χ0v) is 15.6. The number of hydrogen-bond acceptors (Lipinski definition) is 6. The molecule has 0 radical (unpaired) electrons. The lowest BCUT2D eigenvalue weighted by Crippen LogP contribution is -2.58. The Hall–Kier alpha value is -1.77. The fourth-order valence-electron chi connectivity index (χ4n) is 3.29. The molecule has 2 N–H and O–H groups in total. The van der Waals surface area contributed by atoms with E-state index >= 15 is 0 Å². The van der Waals surface area contributed by atoms with Crippen molar-refractivity contribution in [2.24, 2.45) is 5.73 Å². The number of amides is 1. The van der Waals surface area contributed by atoms with Crippen LogP contribution in [0.3, 0.4) is 0 Å². The summed E-state index contributed by atoms with van der Waals surface area (Å²) in [5.74, 6) is 0.0328. The molecule has 3 heterocycles. The summed E-state index contributed by atoms with van der Waals surface area (Å²) in [7, 11) is 0. The number of aromatic nitrogens is 2. The van der Waals surface area contributed by atoms with Gasteiger partial charge >= 0.3 is 0 Å². The van der Waals surface area contributed by atoms with Crippen LogP contribution in [0.15, 0.2) is 22.4 Å². The predicted molar refractivity (Wildman–Crippen MR) is 98.7 cm³/mol. The molecule has 1 atom stereocenters. The summed E-state index contributed by atoms with van der Waals surface area (Å²) in [6.07, 6.45) is 3.33. The van der Waals surface area contributed by atoms with Gasteiger partial charge in [0.25, 0.3) is 5.56 Å². The van der Waals surface area contributed by atoms with E-state index in [1.165, 1.54) is 11.3 Å². The second-order valence-corrected chi connectivity index (χ2v) is 7.75. The van der Waals surface area contributed by atoms with Crippen LogP contribution in [0.4, 0.5) is 0 Å². The molecule has 7 nitrogen and oxygen atoms in total. The van der Waals surface area contributed by atoms with Gasteiger partial charge in [-0.25, -0.2) is 4.98 Å². The van der Waals surface area contributed by atoms with Crippen LogP contribution in [0.2, 0.25) is 0 Å². The van der Waals surface area contributed by atoms with Crippen LogP contribution in [0.5, 0.6) is 0 Å². The van der Waals surface area contributed by atoms with Crippen molar-refractivity contribution in [3.8, 4) is 0 Å². The van der Waals surface area contributed by atoms with Gasteiger partial charge < -0.3 is 10.6 Å². The van der Waals surface area contributed by atoms with Crippen molar-refractivity contribution in [3.05, 3.63) is 33.7 Å². The van der Waals surface area contributed by atoms with Crippen LogP contribution < -0.4 is 11.3 Å². The van der Waals surface area contributed by atoms with Crippen molar-refractivity contribution in [1.29, 1.82) is 0 Å². The molecule has 8 heteroatoms. The normalized spacial score (nSPS) is 18.4. The SMILES string of the molecule is CCCC(C)(N)C(=O)N1CCN(Cc2cc(=O)n3ccsc3n2)CC1. The fourth-order valence-corrected chi connectivity index (χ4v) is 4.03. The first-order valence-corrected chi connectivity index (χ1v) is 9.55. The Kier molecular flexibility index (Phi) is 5.21. The zero-order chi connectivity index (χ0) is 18.0. The van der Waals surface area contributed by atoms with E-state index in [-0.39, 0.29) is 11.5 Å². The maximum absolute atomic E-state index is 12.6. The maximum atomic E-state index is 12.6. The molecular formula is C17H25N5O2S. The van der Waals surface area contributed by atoms with Crippen LogP contribution in [0.25, 0.3) is 4.96 Å². The minimum Gasteiger partial charge on any atom is -0.339 e. The van der Waals surface area contributed by atoms with Crippen LogP contribution in [-0.2, 0) is 11.3 Å². The standard InChI is InChI=1S/C17H25N5O2S/c1-3-4-17(2,18)15(24)21-7-5-20(6-8-21)12-13-11-14(23)22-9-10-25-16(22)19-13/h9-11H,3-8,12,18H2,1-2H3. The first-order valence-electron chi connectivity index (χ1n) is 8.67. The summed E-state index contributed by atoms with van der Waals surface area (Å²) in [6, 6.07) is 1.59. The Morgan fingerprint density at radius 2 is 2.08 bits per heavy atom. The largest absolute Gasteiger partial charge is 0.339 e. The van der Waals surface area contributed by atoms with Crippen molar-refractivity contribution >= 4 is 22.2 Å². The summed E-state index contributed by atoms with van der Waals surface area (Å²) in [4.78, 5) is 34.0. The van der Waals surface area contributed by atoms with E-state index in [9.17, 15) is 9.59 Å². The first-order chi connectivity index (χ1) is 11.9. The number of nitrogens with zero attached hydrogens (tertiary/aromatic N) is 4. The molecule has 1 aliphatic heterocycles. The van der Waals surface area contributed by atoms with Gasteiger partial charge in [-0.3, -0.25) is 18.9 Å². The van der Waals surface area contributed by atoms with Crippen LogP contribution >= 0.6 is 11.3 Å². The van der Waals surface area contributed by atoms with Gasteiger partial charge in [0.2, 0.25) is 5.91 Å². The lowest BCUT2D eigenvalue weighted by atomic mass is 9.95. The zero-order valence-electron chi connectivity index (χ0n) is 14.8. The Bertz CT molecular complexity index is 805. The van der Waals surface area contributed by atoms with E-state index in [2.05, 4.69) is 9.88 Å². The maximum Gasteiger partial charge on any atom is 0.258 e. The fraction of sp³-hybridized carbons (Fsp3) is 0.588. The third kappa shape index (κ3) is 3.91. The molecule has 2 aromatic heterocycles. The van der Waals surface area contributed by atoms with Gasteiger partial charge in [-0.1, -0.05) is 13.3 Å². The van der Waals surface area contributed by atoms with Gasteiger partial charge in [0, 0.05) is 50.4 Å². The monoisotopic (exact) mass is 363 g/mol. The number of thiazole rings is 1. The van der Waals surface area contributed by atoms with Crippen LogP contribution in [0.1, 0.15) is 32.4 Å². The van der Waals surface area contributed by atoms with E-state index in [1.54, 1.807) is 16.7 Å². The molecule has 0 spiro atoms. The smallest absolute Gasteiger partial charge is 0.258 e. The van der Waals surface area contributed by atoms with Gasteiger partial charge in [-0.2, -0.15) is 0 Å². The first kappa shape index (κ1) is 18.0. The molecule has 1 fully saturated rings. The lowest BCUT2D eigenvalue weighted by molar-refractivity contribution is -0.138. The van der Waals surface area contributed by atoms with Crippen molar-refractivity contribution in [2.45, 2.75) is 38.8 Å². The number of hydrogen-bond donors (Lipinski definition) is 1. The van der Waals surface area contributed by atoms with Gasteiger partial charge in [0.05, 0.1) is 11.2 Å². The van der Waals surface area contributed by atoms with E-state index in [0.29, 0.717) is 26.1 Å². The van der Waals surface area contributed by atoms with E-state index in [0.717, 1.165) is 30.2 Å². The summed E-state index contributed by atoms with van der Waals surface area (Å²) in [6.45, 7) is 7.33. The highest BCUT2D eigenvalue weighted by atomic mass is 32.1. The highest BCUT2D eigenvalue weighted by molar-refractivity contribution is 7.15. The number of carbonyl (C=O) groups is 1. The Morgan fingerprint density at radius 3 is 2.76 bits per heavy atom. The third-order valence-electron chi connectivity index (χ3n) is 4.66. The Morgan fingerprint density at radius 1 is 1.36 bits per heavy atom. The quantitative estimate of drug-likeness (QED) is 0.854. The summed E-state index contributed by atoms with van der Waals surface area (Å²) in [5, 5.41) is 1.86. The van der Waals surface area contributed by atoms with E-state index in [1.807, 2.05) is 24.1 Å². The lowest BCUT2D eigenvalue weighted by Gasteiger charge is -2.38. The van der Waals surface area contributed by atoms with Crippen molar-refractivity contribution in [2.75, 3.05) is 26.2 Å². The molecule has 0 aromatic carbocycles. The molecule has 1 aliphatic rings. The molecule has 0 aliphatic carbocycles. The second-order valence-electron chi connectivity index (χ2n) is 6.88. The van der Waals surface area contributed by atoms with Gasteiger partial charge in [-0.15, -0.1) is 11.3 Å². The highest BCUT2D eigenvalue weighted by Gasteiger charge is 2.33. The average molecular weight is 363 g/mol. The van der Waals surface area contributed by atoms with Gasteiger partial charge in [0.1, 0.15) is 0 Å². The molecule has 25 heavy (non-hydrogen) atoms. The van der Waals surface area contributed by atoms with Crippen molar-refractivity contribution < 1.29 is 4.79 Å². The minimum atomic E-state index is -0.780. The molecule has 2 aromatic rings. The summed E-state index contributed by atoms with van der Waals surface area (Å²) >= 11 is 1.46. The van der Waals surface area contributed by atoms with Crippen LogP contribution in [0, 0.1) is 0 Å². The molecule has 1 saturated heterocycles. The average Bonchev–Trinajstić information content (AvgIpc) is 3.04.